The van der Waals surface area contributed by atoms with E-state index in [1.807, 2.05) is 11.8 Å². The number of halogens is 1. The second-order valence-electron chi connectivity index (χ2n) is 10.4. The minimum Gasteiger partial charge on any atom is -0.465 e. The molecule has 3 amide bonds. The Morgan fingerprint density at radius 1 is 1.30 bits per heavy atom. The molecule has 2 fully saturated rings. The van der Waals surface area contributed by atoms with E-state index in [9.17, 15) is 14.0 Å². The Morgan fingerprint density at radius 2 is 2.03 bits per heavy atom. The summed E-state index contributed by atoms with van der Waals surface area (Å²) in [6.07, 6.45) is 2.88. The van der Waals surface area contributed by atoms with Crippen LogP contribution in [0.1, 0.15) is 56.3 Å². The molecule has 0 saturated carbocycles. The fourth-order valence-corrected chi connectivity index (χ4v) is 5.43. The second-order valence-corrected chi connectivity index (χ2v) is 10.4. The Morgan fingerprint density at radius 3 is 2.70 bits per heavy atom. The molecule has 208 valence electrons. The molecule has 3 atom stereocenters. The van der Waals surface area contributed by atoms with E-state index in [0.29, 0.717) is 24.6 Å². The lowest BCUT2D eigenvalue weighted by molar-refractivity contribution is -0.0210. The molecule has 9 nitrogen and oxygen atoms in total. The van der Waals surface area contributed by atoms with Crippen LogP contribution in [0.15, 0.2) is 18.2 Å². The molecule has 0 radical (unpaired) electrons. The number of hydrogen-bond acceptors (Lipinski definition) is 5. The smallest absolute Gasteiger partial charge is 0.407 e. The monoisotopic (exact) mass is 522 g/mol. The third-order valence-electron chi connectivity index (χ3n) is 7.57. The largest absolute Gasteiger partial charge is 0.465 e. The van der Waals surface area contributed by atoms with E-state index in [4.69, 9.17) is 14.6 Å². The number of aryl methyl sites for hydroxylation is 1. The van der Waals surface area contributed by atoms with Crippen molar-refractivity contribution in [2.24, 2.45) is 11.8 Å². The highest BCUT2D eigenvalue weighted by Crippen LogP contribution is 2.35. The van der Waals surface area contributed by atoms with Gasteiger partial charge in [-0.3, -0.25) is 5.01 Å². The average molecular weight is 523 g/mol. The standard InChI is InChI=1S/C27H43FN4O5/c1-19-7-8-24(28)23(16-19)25(37-15-12-30(4)27(34)35)22-6-5-11-31(18-22)26(33)32(29-3)20(2)17-21-9-13-36-14-10-21/h7-8,16,20-22,25,29H,5-6,9-15,17-18H2,1-4H3,(H,34,35)/t20-,22+,25+/m0/s1. The Bertz CT molecular complexity index is 898. The van der Waals surface area contributed by atoms with Gasteiger partial charge >= 0.3 is 12.1 Å². The molecular formula is C27H43FN4O5. The van der Waals surface area contributed by atoms with Gasteiger partial charge in [-0.2, -0.15) is 0 Å². The summed E-state index contributed by atoms with van der Waals surface area (Å²) in [6, 6.07) is 4.89. The van der Waals surface area contributed by atoms with Crippen LogP contribution < -0.4 is 5.43 Å². The Hall–Kier alpha value is -2.43. The molecule has 0 spiro atoms. The van der Waals surface area contributed by atoms with Gasteiger partial charge in [-0.05, 0) is 57.9 Å². The Kier molecular flexibility index (Phi) is 11.0. The molecule has 10 heteroatoms. The van der Waals surface area contributed by atoms with Crippen molar-refractivity contribution in [1.82, 2.24) is 20.2 Å². The van der Waals surface area contributed by atoms with Crippen molar-refractivity contribution in [3.05, 3.63) is 35.1 Å². The zero-order valence-electron chi connectivity index (χ0n) is 22.6. The van der Waals surface area contributed by atoms with Gasteiger partial charge in [-0.15, -0.1) is 0 Å². The number of hydrazine groups is 1. The molecule has 2 aliphatic heterocycles. The van der Waals surface area contributed by atoms with Gasteiger partial charge in [-0.1, -0.05) is 17.7 Å². The molecule has 3 rings (SSSR count). The summed E-state index contributed by atoms with van der Waals surface area (Å²) < 4.78 is 26.6. The third kappa shape index (κ3) is 8.02. The molecule has 1 aromatic carbocycles. The molecule has 2 N–H and O–H groups in total. The van der Waals surface area contributed by atoms with Crippen molar-refractivity contribution in [3.63, 3.8) is 0 Å². The first-order valence-corrected chi connectivity index (χ1v) is 13.4. The molecule has 37 heavy (non-hydrogen) atoms. The molecule has 2 aliphatic rings. The Labute approximate surface area is 219 Å². The minimum absolute atomic E-state index is 0.0220. The van der Waals surface area contributed by atoms with E-state index >= 15 is 0 Å². The molecule has 2 heterocycles. The number of benzene rings is 1. The zero-order valence-corrected chi connectivity index (χ0v) is 22.6. The van der Waals surface area contributed by atoms with Crippen molar-refractivity contribution in [2.75, 3.05) is 53.6 Å². The van der Waals surface area contributed by atoms with Crippen LogP contribution in [-0.2, 0) is 9.47 Å². The van der Waals surface area contributed by atoms with Crippen molar-refractivity contribution >= 4 is 12.1 Å². The molecule has 0 unspecified atom stereocenters. The predicted molar refractivity (Wildman–Crippen MR) is 139 cm³/mol. The van der Waals surface area contributed by atoms with Gasteiger partial charge in [0.1, 0.15) is 5.82 Å². The SMILES string of the molecule is CNN(C(=O)N1CCC[C@@H]([C@@H](OCCN(C)C(=O)O)c2cc(C)ccc2F)C1)[C@@H](C)CC1CCOCC1. The predicted octanol–water partition coefficient (Wildman–Crippen LogP) is 4.28. The van der Waals surface area contributed by atoms with Gasteiger partial charge < -0.3 is 24.4 Å². The number of carbonyl (C=O) groups is 2. The van der Waals surface area contributed by atoms with Gasteiger partial charge in [-0.25, -0.2) is 19.4 Å². The first-order chi connectivity index (χ1) is 17.7. The quantitative estimate of drug-likeness (QED) is 0.446. The third-order valence-corrected chi connectivity index (χ3v) is 7.57. The fourth-order valence-electron chi connectivity index (χ4n) is 5.43. The number of ether oxygens (including phenoxy) is 2. The summed E-state index contributed by atoms with van der Waals surface area (Å²) in [7, 11) is 3.25. The normalized spacial score (nSPS) is 20.4. The molecule has 0 aliphatic carbocycles. The number of carbonyl (C=O) groups excluding carboxylic acids is 1. The highest BCUT2D eigenvalue weighted by atomic mass is 19.1. The number of hydrogen-bond donors (Lipinski definition) is 2. The van der Waals surface area contributed by atoms with Gasteiger partial charge in [0.2, 0.25) is 0 Å². The highest BCUT2D eigenvalue weighted by Gasteiger charge is 2.35. The van der Waals surface area contributed by atoms with Gasteiger partial charge in [0.15, 0.2) is 0 Å². The number of nitrogens with one attached hydrogen (secondary N) is 1. The van der Waals surface area contributed by atoms with E-state index in [-0.39, 0.29) is 37.0 Å². The van der Waals surface area contributed by atoms with Crippen LogP contribution in [0, 0.1) is 24.6 Å². The van der Waals surface area contributed by atoms with E-state index in [1.165, 1.54) is 13.1 Å². The number of urea groups is 1. The number of piperidine rings is 1. The highest BCUT2D eigenvalue weighted by molar-refractivity contribution is 5.74. The van der Waals surface area contributed by atoms with Gasteiger partial charge in [0.05, 0.1) is 12.7 Å². The number of likely N-dealkylation sites (N-methyl/N-ethyl adjacent to an activating group) is 1. The number of nitrogens with zero attached hydrogens (tertiary/aromatic N) is 3. The number of amides is 3. The van der Waals surface area contributed by atoms with E-state index in [2.05, 4.69) is 12.3 Å². The van der Waals surface area contributed by atoms with Crippen LogP contribution in [-0.4, -0.2) is 91.6 Å². The van der Waals surface area contributed by atoms with Gasteiger partial charge in [0, 0.05) is 64.5 Å². The second kappa shape index (κ2) is 13.9. The maximum absolute atomic E-state index is 15.0. The van der Waals surface area contributed by atoms with Crippen LogP contribution >= 0.6 is 0 Å². The van der Waals surface area contributed by atoms with Gasteiger partial charge in [0.25, 0.3) is 0 Å². The van der Waals surface area contributed by atoms with Crippen molar-refractivity contribution in [1.29, 1.82) is 0 Å². The fraction of sp³-hybridized carbons (Fsp3) is 0.704. The zero-order chi connectivity index (χ0) is 26.9. The van der Waals surface area contributed by atoms with Crippen LogP contribution in [0.25, 0.3) is 0 Å². The van der Waals surface area contributed by atoms with Crippen molar-refractivity contribution in [3.8, 4) is 0 Å². The molecule has 0 bridgehead atoms. The lowest BCUT2D eigenvalue weighted by Gasteiger charge is -2.41. The summed E-state index contributed by atoms with van der Waals surface area (Å²) in [4.78, 5) is 27.8. The number of rotatable bonds is 10. The number of likely N-dealkylation sites (tertiary alicyclic amines) is 1. The van der Waals surface area contributed by atoms with Crippen LogP contribution in [0.4, 0.5) is 14.0 Å². The lowest BCUT2D eigenvalue weighted by atomic mass is 9.87. The topological polar surface area (TPSA) is 94.6 Å². The Balaban J connectivity index is 1.72. The first kappa shape index (κ1) is 29.1. The summed E-state index contributed by atoms with van der Waals surface area (Å²) in [5.74, 6) is 0.0636. The first-order valence-electron chi connectivity index (χ1n) is 13.4. The van der Waals surface area contributed by atoms with Crippen molar-refractivity contribution < 1.29 is 28.6 Å². The molecule has 0 aromatic heterocycles. The summed E-state index contributed by atoms with van der Waals surface area (Å²) in [6.45, 7) is 6.89. The average Bonchev–Trinajstić information content (AvgIpc) is 2.89. The van der Waals surface area contributed by atoms with Crippen LogP contribution in [0.2, 0.25) is 0 Å². The number of carboxylic acid groups (broad SMARTS) is 1. The summed E-state index contributed by atoms with van der Waals surface area (Å²) in [5.41, 5.74) is 4.47. The summed E-state index contributed by atoms with van der Waals surface area (Å²) in [5, 5.41) is 10.9. The maximum Gasteiger partial charge on any atom is 0.407 e. The maximum atomic E-state index is 15.0. The van der Waals surface area contributed by atoms with E-state index in [1.54, 1.807) is 24.2 Å². The van der Waals surface area contributed by atoms with Crippen molar-refractivity contribution in [2.45, 2.75) is 58.1 Å². The van der Waals surface area contributed by atoms with E-state index in [0.717, 1.165) is 55.8 Å². The van der Waals surface area contributed by atoms with E-state index < -0.39 is 12.2 Å². The molecule has 2 saturated heterocycles. The lowest BCUT2D eigenvalue weighted by Crippen LogP contribution is -2.55. The van der Waals surface area contributed by atoms with Crippen LogP contribution in [0.3, 0.4) is 0 Å². The minimum atomic E-state index is -1.04. The van der Waals surface area contributed by atoms with Crippen LogP contribution in [0.5, 0.6) is 0 Å². The summed E-state index contributed by atoms with van der Waals surface area (Å²) >= 11 is 0. The molecule has 1 aromatic rings. The molecular weight excluding hydrogens is 479 g/mol.